The van der Waals surface area contributed by atoms with Gasteiger partial charge in [-0.05, 0) is 28.1 Å². The summed E-state index contributed by atoms with van der Waals surface area (Å²) in [6, 6.07) is 4.36. The second-order valence-electron chi connectivity index (χ2n) is 4.14. The van der Waals surface area contributed by atoms with Crippen LogP contribution in [0.25, 0.3) is 0 Å². The Labute approximate surface area is 112 Å². The van der Waals surface area contributed by atoms with Crippen molar-refractivity contribution in [2.75, 3.05) is 26.7 Å². The molecule has 96 valence electrons. The topological polar surface area (TPSA) is 40.6 Å². The number of piperazine rings is 1. The van der Waals surface area contributed by atoms with Crippen LogP contribution in [0.1, 0.15) is 10.4 Å². The summed E-state index contributed by atoms with van der Waals surface area (Å²) in [5.41, 5.74) is -0.0187. The predicted octanol–water partition coefficient (Wildman–Crippen LogP) is 1.50. The third-order valence-electron chi connectivity index (χ3n) is 2.92. The molecule has 0 radical (unpaired) electrons. The number of carbonyl (C=O) groups excluding carboxylic acids is 2. The third-order valence-corrected chi connectivity index (χ3v) is 3.58. The van der Waals surface area contributed by atoms with Gasteiger partial charge in [-0.25, -0.2) is 4.39 Å². The standard InChI is InChI=1S/C12H12BrFN2O2/c1-15-5-6-16(7-10(15)17)12(18)11-8(13)3-2-4-9(11)14/h2-4H,5-7H2,1H3. The molecule has 0 atom stereocenters. The van der Waals surface area contributed by atoms with Crippen LogP contribution < -0.4 is 0 Å². The van der Waals surface area contributed by atoms with Crippen molar-refractivity contribution in [3.05, 3.63) is 34.1 Å². The van der Waals surface area contributed by atoms with Gasteiger partial charge in [0.15, 0.2) is 0 Å². The Bertz CT molecular complexity index is 487. The average molecular weight is 315 g/mol. The Hall–Kier alpha value is -1.43. The molecule has 1 aliphatic heterocycles. The van der Waals surface area contributed by atoms with Crippen molar-refractivity contribution < 1.29 is 14.0 Å². The van der Waals surface area contributed by atoms with Crippen LogP contribution in [0.15, 0.2) is 22.7 Å². The van der Waals surface area contributed by atoms with Gasteiger partial charge >= 0.3 is 0 Å². The molecule has 0 saturated carbocycles. The van der Waals surface area contributed by atoms with Crippen molar-refractivity contribution in [3.63, 3.8) is 0 Å². The second-order valence-corrected chi connectivity index (χ2v) is 4.99. The fourth-order valence-electron chi connectivity index (χ4n) is 1.79. The van der Waals surface area contributed by atoms with E-state index in [-0.39, 0.29) is 18.0 Å². The van der Waals surface area contributed by atoms with E-state index in [4.69, 9.17) is 0 Å². The fourth-order valence-corrected chi connectivity index (χ4v) is 2.30. The Morgan fingerprint density at radius 2 is 2.11 bits per heavy atom. The van der Waals surface area contributed by atoms with Gasteiger partial charge in [-0.1, -0.05) is 6.07 Å². The highest BCUT2D eigenvalue weighted by atomic mass is 79.9. The lowest BCUT2D eigenvalue weighted by atomic mass is 10.1. The normalized spacial score (nSPS) is 16.1. The Morgan fingerprint density at radius 3 is 2.72 bits per heavy atom. The summed E-state index contributed by atoms with van der Waals surface area (Å²) in [5, 5.41) is 0. The van der Waals surface area contributed by atoms with Gasteiger partial charge in [0.1, 0.15) is 12.4 Å². The van der Waals surface area contributed by atoms with Gasteiger partial charge in [-0.2, -0.15) is 0 Å². The van der Waals surface area contributed by atoms with Gasteiger partial charge in [0, 0.05) is 24.6 Å². The van der Waals surface area contributed by atoms with Crippen molar-refractivity contribution in [1.29, 1.82) is 0 Å². The Morgan fingerprint density at radius 1 is 1.39 bits per heavy atom. The lowest BCUT2D eigenvalue weighted by Gasteiger charge is -2.32. The van der Waals surface area contributed by atoms with E-state index in [1.807, 2.05) is 0 Å². The molecule has 2 rings (SSSR count). The maximum Gasteiger partial charge on any atom is 0.258 e. The summed E-state index contributed by atoms with van der Waals surface area (Å²) in [7, 11) is 1.68. The molecule has 0 spiro atoms. The zero-order valence-electron chi connectivity index (χ0n) is 9.82. The van der Waals surface area contributed by atoms with E-state index in [1.165, 1.54) is 17.0 Å². The number of likely N-dealkylation sites (N-methyl/N-ethyl adjacent to an activating group) is 1. The van der Waals surface area contributed by atoms with Crippen LogP contribution in [0.5, 0.6) is 0 Å². The van der Waals surface area contributed by atoms with Crippen LogP contribution in [0.3, 0.4) is 0 Å². The highest BCUT2D eigenvalue weighted by molar-refractivity contribution is 9.10. The minimum atomic E-state index is -0.583. The number of halogens is 2. The number of carbonyl (C=O) groups is 2. The van der Waals surface area contributed by atoms with E-state index in [0.29, 0.717) is 17.6 Å². The van der Waals surface area contributed by atoms with Crippen molar-refractivity contribution in [2.24, 2.45) is 0 Å². The lowest BCUT2D eigenvalue weighted by molar-refractivity contribution is -0.133. The smallest absolute Gasteiger partial charge is 0.258 e. The summed E-state index contributed by atoms with van der Waals surface area (Å²) in [4.78, 5) is 26.6. The first-order valence-corrected chi connectivity index (χ1v) is 6.27. The second kappa shape index (κ2) is 5.06. The monoisotopic (exact) mass is 314 g/mol. The summed E-state index contributed by atoms with van der Waals surface area (Å²) in [6.07, 6.45) is 0. The molecule has 18 heavy (non-hydrogen) atoms. The highest BCUT2D eigenvalue weighted by Gasteiger charge is 2.28. The molecule has 1 aromatic rings. The molecule has 1 heterocycles. The summed E-state index contributed by atoms with van der Waals surface area (Å²) >= 11 is 3.16. The van der Waals surface area contributed by atoms with E-state index < -0.39 is 11.7 Å². The molecule has 6 heteroatoms. The van der Waals surface area contributed by atoms with Gasteiger partial charge in [-0.3, -0.25) is 9.59 Å². The maximum absolute atomic E-state index is 13.7. The number of benzene rings is 1. The van der Waals surface area contributed by atoms with E-state index in [1.54, 1.807) is 18.0 Å². The number of hydrogen-bond acceptors (Lipinski definition) is 2. The predicted molar refractivity (Wildman–Crippen MR) is 67.6 cm³/mol. The van der Waals surface area contributed by atoms with E-state index in [0.717, 1.165) is 0 Å². The van der Waals surface area contributed by atoms with Gasteiger partial charge < -0.3 is 9.80 Å². The maximum atomic E-state index is 13.7. The van der Waals surface area contributed by atoms with Crippen LogP contribution >= 0.6 is 15.9 Å². The van der Waals surface area contributed by atoms with E-state index in [2.05, 4.69) is 15.9 Å². The number of amides is 2. The van der Waals surface area contributed by atoms with Crippen molar-refractivity contribution in [2.45, 2.75) is 0 Å². The van der Waals surface area contributed by atoms with Crippen LogP contribution in [0.4, 0.5) is 4.39 Å². The number of rotatable bonds is 1. The molecule has 1 aromatic carbocycles. The summed E-state index contributed by atoms with van der Waals surface area (Å²) < 4.78 is 14.1. The minimum absolute atomic E-state index is 0.00386. The Balaban J connectivity index is 2.24. The molecular formula is C12H12BrFN2O2. The van der Waals surface area contributed by atoms with Crippen LogP contribution in [-0.2, 0) is 4.79 Å². The lowest BCUT2D eigenvalue weighted by Crippen LogP contribution is -2.50. The molecule has 2 amide bonds. The van der Waals surface area contributed by atoms with Gasteiger partial charge in [0.05, 0.1) is 5.56 Å². The van der Waals surface area contributed by atoms with E-state index in [9.17, 15) is 14.0 Å². The zero-order valence-corrected chi connectivity index (χ0v) is 11.4. The molecule has 0 bridgehead atoms. The van der Waals surface area contributed by atoms with Crippen molar-refractivity contribution in [3.8, 4) is 0 Å². The molecule has 0 unspecified atom stereocenters. The molecule has 0 aliphatic carbocycles. The number of nitrogens with zero attached hydrogens (tertiary/aromatic N) is 2. The summed E-state index contributed by atoms with van der Waals surface area (Å²) in [5.74, 6) is -1.18. The van der Waals surface area contributed by atoms with Crippen molar-refractivity contribution >= 4 is 27.7 Å². The first-order valence-electron chi connectivity index (χ1n) is 5.48. The molecule has 1 fully saturated rings. The van der Waals surface area contributed by atoms with Crippen LogP contribution in [0.2, 0.25) is 0 Å². The van der Waals surface area contributed by atoms with Gasteiger partial charge in [-0.15, -0.1) is 0 Å². The fraction of sp³-hybridized carbons (Fsp3) is 0.333. The quantitative estimate of drug-likeness (QED) is 0.788. The van der Waals surface area contributed by atoms with Crippen LogP contribution in [0, 0.1) is 5.82 Å². The SMILES string of the molecule is CN1CCN(C(=O)c2c(F)cccc2Br)CC1=O. The molecule has 0 aromatic heterocycles. The van der Waals surface area contributed by atoms with E-state index >= 15 is 0 Å². The van der Waals surface area contributed by atoms with Crippen molar-refractivity contribution in [1.82, 2.24) is 9.80 Å². The first kappa shape index (κ1) is 13.0. The molecular weight excluding hydrogens is 303 g/mol. The minimum Gasteiger partial charge on any atom is -0.342 e. The molecule has 4 nitrogen and oxygen atoms in total. The first-order chi connectivity index (χ1) is 8.50. The third kappa shape index (κ3) is 2.38. The average Bonchev–Trinajstić information content (AvgIpc) is 2.32. The largest absolute Gasteiger partial charge is 0.342 e. The molecule has 1 saturated heterocycles. The highest BCUT2D eigenvalue weighted by Crippen LogP contribution is 2.22. The number of hydrogen-bond donors (Lipinski definition) is 0. The van der Waals surface area contributed by atoms with Gasteiger partial charge in [0.2, 0.25) is 5.91 Å². The van der Waals surface area contributed by atoms with Crippen LogP contribution in [-0.4, -0.2) is 48.3 Å². The van der Waals surface area contributed by atoms with Gasteiger partial charge in [0.25, 0.3) is 5.91 Å². The molecule has 1 aliphatic rings. The summed E-state index contributed by atoms with van der Waals surface area (Å²) in [6.45, 7) is 0.884. The Kier molecular flexibility index (Phi) is 3.65. The zero-order chi connectivity index (χ0) is 13.3. The molecule has 0 N–H and O–H groups in total.